The molecule has 2 aromatic carbocycles. The summed E-state index contributed by atoms with van der Waals surface area (Å²) in [6.45, 7) is 3.88. The quantitative estimate of drug-likeness (QED) is 0.828. The third kappa shape index (κ3) is 3.70. The normalized spacial score (nSPS) is 17.8. The van der Waals surface area contributed by atoms with Gasteiger partial charge >= 0.3 is 0 Å². The Morgan fingerprint density at radius 1 is 1.04 bits per heavy atom. The van der Waals surface area contributed by atoms with Crippen LogP contribution < -0.4 is 4.90 Å². The van der Waals surface area contributed by atoms with Gasteiger partial charge in [-0.25, -0.2) is 0 Å². The van der Waals surface area contributed by atoms with Gasteiger partial charge in [0.05, 0.1) is 11.4 Å². The smallest absolute Gasteiger partial charge is 0.249 e. The minimum absolute atomic E-state index is 0.0122. The summed E-state index contributed by atoms with van der Waals surface area (Å²) in [4.78, 5) is 33.9. The summed E-state index contributed by atoms with van der Waals surface area (Å²) >= 11 is 0. The van der Waals surface area contributed by atoms with E-state index < -0.39 is 0 Å². The first kappa shape index (κ1) is 18.4. The molecule has 0 bridgehead atoms. The third-order valence-corrected chi connectivity index (χ3v) is 5.60. The van der Waals surface area contributed by atoms with Crippen molar-refractivity contribution in [3.05, 3.63) is 65.7 Å². The molecule has 0 aliphatic carbocycles. The molecule has 2 aliphatic heterocycles. The van der Waals surface area contributed by atoms with E-state index in [4.69, 9.17) is 0 Å². The number of para-hydroxylation sites is 1. The minimum atomic E-state index is -0.142. The van der Waals surface area contributed by atoms with Crippen molar-refractivity contribution in [3.8, 4) is 0 Å². The molecule has 0 atom stereocenters. The first-order chi connectivity index (χ1) is 13.6. The molecule has 5 heteroatoms. The number of rotatable bonds is 3. The first-order valence-corrected chi connectivity index (χ1v) is 9.91. The van der Waals surface area contributed by atoms with Gasteiger partial charge in [0.15, 0.2) is 0 Å². The van der Waals surface area contributed by atoms with Gasteiger partial charge < -0.3 is 9.80 Å². The fraction of sp³-hybridized carbons (Fsp3) is 0.348. The van der Waals surface area contributed by atoms with Crippen molar-refractivity contribution in [2.45, 2.75) is 19.8 Å². The Morgan fingerprint density at radius 2 is 1.71 bits per heavy atom. The highest BCUT2D eigenvalue weighted by molar-refractivity contribution is 6.20. The molecule has 28 heavy (non-hydrogen) atoms. The number of piperidine rings is 1. The van der Waals surface area contributed by atoms with Crippen LogP contribution >= 0.6 is 0 Å². The maximum absolute atomic E-state index is 12.9. The summed E-state index contributed by atoms with van der Waals surface area (Å²) in [5.41, 5.74) is 3.41. The summed E-state index contributed by atoms with van der Waals surface area (Å²) in [5, 5.41) is 0. The van der Waals surface area contributed by atoms with Crippen molar-refractivity contribution in [2.24, 2.45) is 10.9 Å². The van der Waals surface area contributed by atoms with Gasteiger partial charge in [0.25, 0.3) is 0 Å². The molecule has 4 rings (SSSR count). The van der Waals surface area contributed by atoms with Crippen LogP contribution in [0.1, 0.15) is 30.9 Å². The summed E-state index contributed by atoms with van der Waals surface area (Å²) in [7, 11) is 0. The van der Waals surface area contributed by atoms with Crippen LogP contribution in [0.2, 0.25) is 0 Å². The van der Waals surface area contributed by atoms with Gasteiger partial charge in [-0.2, -0.15) is 0 Å². The monoisotopic (exact) mass is 375 g/mol. The predicted octanol–water partition coefficient (Wildman–Crippen LogP) is 3.13. The van der Waals surface area contributed by atoms with E-state index in [9.17, 15) is 9.59 Å². The second kappa shape index (κ2) is 7.97. The van der Waals surface area contributed by atoms with Crippen LogP contribution in [0.4, 0.5) is 5.69 Å². The maximum atomic E-state index is 12.9. The molecule has 0 aromatic heterocycles. The van der Waals surface area contributed by atoms with Gasteiger partial charge in [-0.3, -0.25) is 14.6 Å². The number of benzene rings is 2. The molecule has 0 saturated carbocycles. The Labute approximate surface area is 165 Å². The lowest BCUT2D eigenvalue weighted by molar-refractivity contribution is -0.132. The molecule has 0 radical (unpaired) electrons. The van der Waals surface area contributed by atoms with Gasteiger partial charge in [-0.15, -0.1) is 0 Å². The summed E-state index contributed by atoms with van der Waals surface area (Å²) < 4.78 is 0. The van der Waals surface area contributed by atoms with Gasteiger partial charge in [0, 0.05) is 24.2 Å². The van der Waals surface area contributed by atoms with Crippen LogP contribution in [0, 0.1) is 5.92 Å². The van der Waals surface area contributed by atoms with Gasteiger partial charge in [-0.05, 0) is 24.8 Å². The summed E-state index contributed by atoms with van der Waals surface area (Å²) in [5.74, 6) is 0.529. The molecule has 0 spiro atoms. The van der Waals surface area contributed by atoms with E-state index in [2.05, 4.69) is 11.9 Å². The molecule has 144 valence electrons. The van der Waals surface area contributed by atoms with E-state index in [1.54, 1.807) is 4.90 Å². The summed E-state index contributed by atoms with van der Waals surface area (Å²) in [6.07, 6.45) is 2.05. The third-order valence-electron chi connectivity index (χ3n) is 5.60. The summed E-state index contributed by atoms with van der Waals surface area (Å²) in [6, 6.07) is 17.6. The lowest BCUT2D eigenvalue weighted by Gasteiger charge is -2.32. The Kier molecular flexibility index (Phi) is 5.24. The maximum Gasteiger partial charge on any atom is 0.249 e. The minimum Gasteiger partial charge on any atom is -0.341 e. The lowest BCUT2D eigenvalue weighted by atomic mass is 9.99. The number of nitrogens with zero attached hydrogens (tertiary/aromatic N) is 3. The highest BCUT2D eigenvalue weighted by atomic mass is 16.2. The highest BCUT2D eigenvalue weighted by Crippen LogP contribution is 2.27. The average Bonchev–Trinajstić information content (AvgIpc) is 2.86. The topological polar surface area (TPSA) is 53.0 Å². The zero-order valence-corrected chi connectivity index (χ0v) is 16.2. The van der Waals surface area contributed by atoms with Crippen LogP contribution in [0.3, 0.4) is 0 Å². The number of benzodiazepines with no additional fused rings is 1. The first-order valence-electron chi connectivity index (χ1n) is 9.91. The fourth-order valence-electron chi connectivity index (χ4n) is 3.87. The highest BCUT2D eigenvalue weighted by Gasteiger charge is 2.29. The standard InChI is InChI=1S/C23H25N3O2/c1-17-11-13-25(14-12-17)22(28)16-26-20-10-6-5-9-19(20)23(24-15-21(26)27)18-7-3-2-4-8-18/h2-10,17H,11-16H2,1H3. The number of amides is 2. The molecular weight excluding hydrogens is 350 g/mol. The van der Waals surface area contributed by atoms with Crippen molar-refractivity contribution in [1.29, 1.82) is 0 Å². The SMILES string of the molecule is CC1CCN(C(=O)CN2C(=O)CN=C(c3ccccc3)c3ccccc32)CC1. The van der Waals surface area contributed by atoms with E-state index in [1.165, 1.54) is 0 Å². The Morgan fingerprint density at radius 3 is 2.46 bits per heavy atom. The van der Waals surface area contributed by atoms with Crippen LogP contribution in [0.15, 0.2) is 59.6 Å². The molecular formula is C23H25N3O2. The average molecular weight is 375 g/mol. The van der Waals surface area contributed by atoms with Crippen LogP contribution in [-0.2, 0) is 9.59 Å². The molecule has 1 fully saturated rings. The molecule has 0 unspecified atom stereocenters. The van der Waals surface area contributed by atoms with Crippen LogP contribution in [0.5, 0.6) is 0 Å². The van der Waals surface area contributed by atoms with Crippen LogP contribution in [-0.4, -0.2) is 48.6 Å². The second-order valence-corrected chi connectivity index (χ2v) is 7.59. The van der Waals surface area contributed by atoms with Crippen molar-refractivity contribution in [3.63, 3.8) is 0 Å². The molecule has 2 heterocycles. The van der Waals surface area contributed by atoms with Gasteiger partial charge in [0.1, 0.15) is 13.1 Å². The van der Waals surface area contributed by atoms with Gasteiger partial charge in [0.2, 0.25) is 11.8 Å². The van der Waals surface area contributed by atoms with Crippen molar-refractivity contribution < 1.29 is 9.59 Å². The van der Waals surface area contributed by atoms with E-state index >= 15 is 0 Å². The number of hydrogen-bond acceptors (Lipinski definition) is 3. The number of aliphatic imine (C=N–C) groups is 1. The molecule has 1 saturated heterocycles. The van der Waals surface area contributed by atoms with E-state index in [0.717, 1.165) is 48.5 Å². The Bertz CT molecular complexity index is 899. The van der Waals surface area contributed by atoms with Crippen molar-refractivity contribution >= 4 is 23.2 Å². The van der Waals surface area contributed by atoms with E-state index in [0.29, 0.717) is 5.92 Å². The lowest BCUT2D eigenvalue weighted by Crippen LogP contribution is -2.46. The zero-order valence-electron chi connectivity index (χ0n) is 16.2. The van der Waals surface area contributed by atoms with E-state index in [1.807, 2.05) is 59.5 Å². The molecule has 2 amide bonds. The largest absolute Gasteiger partial charge is 0.341 e. The second-order valence-electron chi connectivity index (χ2n) is 7.59. The number of likely N-dealkylation sites (tertiary alicyclic amines) is 1. The molecule has 2 aliphatic rings. The van der Waals surface area contributed by atoms with Crippen LogP contribution in [0.25, 0.3) is 0 Å². The Balaban J connectivity index is 1.63. The predicted molar refractivity (Wildman–Crippen MR) is 111 cm³/mol. The zero-order chi connectivity index (χ0) is 19.5. The number of hydrogen-bond donors (Lipinski definition) is 0. The van der Waals surface area contributed by atoms with Gasteiger partial charge in [-0.1, -0.05) is 55.5 Å². The molecule has 2 aromatic rings. The number of carbonyl (C=O) groups is 2. The molecule has 0 N–H and O–H groups in total. The van der Waals surface area contributed by atoms with E-state index in [-0.39, 0.29) is 24.9 Å². The van der Waals surface area contributed by atoms with Crippen molar-refractivity contribution in [2.75, 3.05) is 31.1 Å². The number of anilines is 1. The number of carbonyl (C=O) groups excluding carboxylic acids is 2. The molecule has 5 nitrogen and oxygen atoms in total. The number of fused-ring (bicyclic) bond motifs is 1. The fourth-order valence-corrected chi connectivity index (χ4v) is 3.87. The van der Waals surface area contributed by atoms with Crippen molar-refractivity contribution in [1.82, 2.24) is 4.90 Å². The Hall–Kier alpha value is -2.95.